The molecule has 1 heterocycles. The maximum atomic E-state index is 10.9. The first-order valence-electron chi connectivity index (χ1n) is 5.69. The number of carbonyl (C=O) groups is 1. The lowest BCUT2D eigenvalue weighted by molar-refractivity contribution is 0.0690. The topological polar surface area (TPSA) is 84.3 Å². The van der Waals surface area contributed by atoms with Crippen molar-refractivity contribution in [3.8, 4) is 5.75 Å². The first kappa shape index (κ1) is 14.1. The number of aromatic nitrogens is 2. The predicted molar refractivity (Wildman–Crippen MR) is 75.0 cm³/mol. The van der Waals surface area contributed by atoms with Crippen molar-refractivity contribution in [1.29, 1.82) is 0 Å². The summed E-state index contributed by atoms with van der Waals surface area (Å²) in [5.74, 6) is -0.358. The van der Waals surface area contributed by atoms with Crippen LogP contribution in [0.2, 0.25) is 5.02 Å². The van der Waals surface area contributed by atoms with E-state index in [2.05, 4.69) is 15.3 Å². The number of aromatic carboxylic acids is 1. The number of nitrogens with zero attached hydrogens (tertiary/aromatic N) is 2. The molecule has 0 aliphatic carbocycles. The van der Waals surface area contributed by atoms with E-state index < -0.39 is 5.97 Å². The first-order chi connectivity index (χ1) is 9.49. The second kappa shape index (κ2) is 5.75. The zero-order chi connectivity index (χ0) is 14.7. The van der Waals surface area contributed by atoms with Gasteiger partial charge in [0.25, 0.3) is 0 Å². The summed E-state index contributed by atoms with van der Waals surface area (Å²) in [6, 6.07) is 6.47. The Labute approximate surface area is 120 Å². The molecule has 0 spiro atoms. The largest absolute Gasteiger partial charge is 0.495 e. The van der Waals surface area contributed by atoms with Crippen molar-refractivity contribution in [3.05, 3.63) is 40.7 Å². The Kier molecular flexibility index (Phi) is 4.05. The number of aryl methyl sites for hydroxylation is 1. The highest BCUT2D eigenvalue weighted by Gasteiger charge is 2.09. The van der Waals surface area contributed by atoms with Gasteiger partial charge in [-0.3, -0.25) is 0 Å². The van der Waals surface area contributed by atoms with E-state index in [0.29, 0.717) is 22.2 Å². The summed E-state index contributed by atoms with van der Waals surface area (Å²) >= 11 is 6.01. The molecule has 2 rings (SSSR count). The molecule has 104 valence electrons. The zero-order valence-corrected chi connectivity index (χ0v) is 11.6. The Bertz CT molecular complexity index is 661. The second-order valence-corrected chi connectivity index (χ2v) is 4.40. The number of carboxylic acid groups (broad SMARTS) is 1. The summed E-state index contributed by atoms with van der Waals surface area (Å²) in [5, 5.41) is 12.3. The molecule has 0 radical (unpaired) electrons. The third-order valence-electron chi connectivity index (χ3n) is 2.48. The molecule has 7 heteroatoms. The molecule has 1 aromatic heterocycles. The molecule has 0 saturated carbocycles. The number of rotatable bonds is 4. The Morgan fingerprint density at radius 3 is 2.70 bits per heavy atom. The average molecular weight is 294 g/mol. The molecular formula is C13H12ClN3O3. The number of carboxylic acids is 1. The van der Waals surface area contributed by atoms with Gasteiger partial charge in [0.15, 0.2) is 5.69 Å². The van der Waals surface area contributed by atoms with Crippen molar-refractivity contribution in [2.75, 3.05) is 12.4 Å². The molecule has 0 aliphatic heterocycles. The van der Waals surface area contributed by atoms with Crippen LogP contribution in [0.5, 0.6) is 5.75 Å². The fourth-order valence-corrected chi connectivity index (χ4v) is 1.86. The third-order valence-corrected chi connectivity index (χ3v) is 2.78. The summed E-state index contributed by atoms with van der Waals surface area (Å²) in [6.07, 6.45) is 0. The quantitative estimate of drug-likeness (QED) is 0.901. The lowest BCUT2D eigenvalue weighted by Gasteiger charge is -2.08. The molecular weight excluding hydrogens is 282 g/mol. The number of hydrogen-bond acceptors (Lipinski definition) is 5. The highest BCUT2D eigenvalue weighted by atomic mass is 35.5. The van der Waals surface area contributed by atoms with Crippen LogP contribution in [0.1, 0.15) is 16.2 Å². The summed E-state index contributed by atoms with van der Waals surface area (Å²) in [6.45, 7) is 1.69. The minimum absolute atomic E-state index is 0.0698. The van der Waals surface area contributed by atoms with Crippen molar-refractivity contribution in [3.63, 3.8) is 0 Å². The summed E-state index contributed by atoms with van der Waals surface area (Å²) in [5.41, 5.74) is 1.12. The normalized spacial score (nSPS) is 10.2. The highest BCUT2D eigenvalue weighted by Crippen LogP contribution is 2.28. The van der Waals surface area contributed by atoms with Crippen molar-refractivity contribution in [2.24, 2.45) is 0 Å². The molecule has 0 bridgehead atoms. The van der Waals surface area contributed by atoms with E-state index in [1.165, 1.54) is 13.2 Å². The molecule has 0 fully saturated rings. The molecule has 6 nitrogen and oxygen atoms in total. The van der Waals surface area contributed by atoms with Crippen molar-refractivity contribution in [2.45, 2.75) is 6.92 Å². The molecule has 2 N–H and O–H groups in total. The maximum Gasteiger partial charge on any atom is 0.354 e. The summed E-state index contributed by atoms with van der Waals surface area (Å²) in [7, 11) is 1.52. The minimum Gasteiger partial charge on any atom is -0.495 e. The highest BCUT2D eigenvalue weighted by molar-refractivity contribution is 6.32. The van der Waals surface area contributed by atoms with Gasteiger partial charge in [-0.15, -0.1) is 0 Å². The lowest BCUT2D eigenvalue weighted by atomic mass is 10.3. The van der Waals surface area contributed by atoms with E-state index in [4.69, 9.17) is 21.4 Å². The van der Waals surface area contributed by atoms with Crippen molar-refractivity contribution in [1.82, 2.24) is 9.97 Å². The summed E-state index contributed by atoms with van der Waals surface area (Å²) < 4.78 is 5.05. The van der Waals surface area contributed by atoms with Crippen LogP contribution in [-0.4, -0.2) is 28.2 Å². The van der Waals surface area contributed by atoms with Gasteiger partial charge in [-0.05, 0) is 31.2 Å². The number of hydrogen-bond donors (Lipinski definition) is 2. The molecule has 2 aromatic rings. The van der Waals surface area contributed by atoms with Crippen molar-refractivity contribution < 1.29 is 14.6 Å². The lowest BCUT2D eigenvalue weighted by Crippen LogP contribution is -2.06. The molecule has 0 amide bonds. The first-order valence-corrected chi connectivity index (χ1v) is 6.07. The second-order valence-electron chi connectivity index (χ2n) is 4.00. The van der Waals surface area contributed by atoms with Crippen molar-refractivity contribution >= 4 is 29.2 Å². The molecule has 1 aromatic carbocycles. The molecule has 0 atom stereocenters. The Hall–Kier alpha value is -2.34. The van der Waals surface area contributed by atoms with Crippen LogP contribution in [0.3, 0.4) is 0 Å². The Morgan fingerprint density at radius 1 is 1.35 bits per heavy atom. The Balaban J connectivity index is 2.30. The van der Waals surface area contributed by atoms with E-state index in [0.717, 1.165) is 0 Å². The number of halogens is 1. The Morgan fingerprint density at radius 2 is 2.10 bits per heavy atom. The zero-order valence-electron chi connectivity index (χ0n) is 10.8. The monoisotopic (exact) mass is 293 g/mol. The van der Waals surface area contributed by atoms with Crippen LogP contribution in [-0.2, 0) is 0 Å². The average Bonchev–Trinajstić information content (AvgIpc) is 2.38. The van der Waals surface area contributed by atoms with E-state index in [1.54, 1.807) is 25.1 Å². The van der Waals surface area contributed by atoms with Crippen LogP contribution in [0.25, 0.3) is 0 Å². The van der Waals surface area contributed by atoms with Gasteiger partial charge >= 0.3 is 5.97 Å². The number of nitrogens with one attached hydrogen (secondary N) is 1. The van der Waals surface area contributed by atoms with E-state index >= 15 is 0 Å². The van der Waals surface area contributed by atoms with Gasteiger partial charge in [-0.25, -0.2) is 14.8 Å². The SMILES string of the molecule is COc1ccc(Nc2nc(C)cc(C(=O)O)n2)cc1Cl. The van der Waals surface area contributed by atoms with Gasteiger partial charge in [0.1, 0.15) is 5.75 Å². The fraction of sp³-hybridized carbons (Fsp3) is 0.154. The maximum absolute atomic E-state index is 10.9. The van der Waals surface area contributed by atoms with Gasteiger partial charge in [0.05, 0.1) is 12.1 Å². The van der Waals surface area contributed by atoms with E-state index in [1.807, 2.05) is 0 Å². The van der Waals surface area contributed by atoms with Gasteiger partial charge in [0.2, 0.25) is 5.95 Å². The van der Waals surface area contributed by atoms with Crippen LogP contribution < -0.4 is 10.1 Å². The summed E-state index contributed by atoms with van der Waals surface area (Å²) in [4.78, 5) is 19.0. The molecule has 0 unspecified atom stereocenters. The minimum atomic E-state index is -1.11. The molecule has 0 aliphatic rings. The standard InChI is InChI=1S/C13H12ClN3O3/c1-7-5-10(12(18)19)17-13(15-7)16-8-3-4-11(20-2)9(14)6-8/h3-6H,1-2H3,(H,18,19)(H,15,16,17). The van der Waals surface area contributed by atoms with Crippen LogP contribution in [0, 0.1) is 6.92 Å². The molecule has 0 saturated heterocycles. The number of anilines is 2. The third kappa shape index (κ3) is 3.16. The van der Waals surface area contributed by atoms with Crippen LogP contribution >= 0.6 is 11.6 Å². The van der Waals surface area contributed by atoms with E-state index in [9.17, 15) is 4.79 Å². The van der Waals surface area contributed by atoms with Gasteiger partial charge in [-0.2, -0.15) is 0 Å². The van der Waals surface area contributed by atoms with Gasteiger partial charge in [0, 0.05) is 11.4 Å². The number of methoxy groups -OCH3 is 1. The van der Waals surface area contributed by atoms with Crippen LogP contribution in [0.4, 0.5) is 11.6 Å². The molecule has 20 heavy (non-hydrogen) atoms. The fourth-order valence-electron chi connectivity index (χ4n) is 1.61. The predicted octanol–water partition coefficient (Wildman–Crippen LogP) is 2.89. The van der Waals surface area contributed by atoms with E-state index in [-0.39, 0.29) is 11.6 Å². The van der Waals surface area contributed by atoms with Gasteiger partial charge < -0.3 is 15.2 Å². The number of ether oxygens (including phenoxy) is 1. The smallest absolute Gasteiger partial charge is 0.354 e. The number of benzene rings is 1. The van der Waals surface area contributed by atoms with Gasteiger partial charge in [-0.1, -0.05) is 11.6 Å². The van der Waals surface area contributed by atoms with Crippen LogP contribution in [0.15, 0.2) is 24.3 Å².